The number of nitrogens with two attached hydrogens (primary N) is 2. The smallest absolute Gasteiger partial charge is 0.338 e. The number of alkyl halides is 2. The molecule has 0 spiro atoms. The lowest BCUT2D eigenvalue weighted by Gasteiger charge is -2.18. The van der Waals surface area contributed by atoms with E-state index in [2.05, 4.69) is 40.6 Å². The number of nitrogen functional groups attached to an aromatic ring is 2. The van der Waals surface area contributed by atoms with E-state index < -0.39 is 61.8 Å². The monoisotopic (exact) mass is 659 g/mol. The zero-order valence-corrected chi connectivity index (χ0v) is 24.7. The van der Waals surface area contributed by atoms with E-state index in [4.69, 9.17) is 30.8 Å². The van der Waals surface area contributed by atoms with Gasteiger partial charge in [-0.1, -0.05) is 35.5 Å². The highest BCUT2D eigenvalue weighted by Crippen LogP contribution is 2.37. The van der Waals surface area contributed by atoms with Crippen molar-refractivity contribution in [3.8, 4) is 0 Å². The molecule has 250 valence electrons. The first-order valence-electron chi connectivity index (χ1n) is 14.0. The Kier molecular flexibility index (Phi) is 9.72. The van der Waals surface area contributed by atoms with Gasteiger partial charge in [-0.3, -0.25) is 0 Å². The number of fused-ring (bicyclic) bond motifs is 2. The summed E-state index contributed by atoms with van der Waals surface area (Å²) < 4.78 is 47.8. The lowest BCUT2D eigenvalue weighted by molar-refractivity contribution is -0.0512. The van der Waals surface area contributed by atoms with Gasteiger partial charge < -0.3 is 42.0 Å². The van der Waals surface area contributed by atoms with Crippen molar-refractivity contribution in [3.05, 3.63) is 48.5 Å². The fraction of sp³-hybridized carbons (Fsp3) is 0.423. The second-order valence-corrected chi connectivity index (χ2v) is 10.3. The number of aliphatic hydroxyl groups excluding tert-OH is 2. The van der Waals surface area contributed by atoms with E-state index in [0.717, 1.165) is 4.68 Å². The number of hydrogen-bond acceptors (Lipinski definition) is 17. The maximum atomic E-state index is 15.2. The van der Waals surface area contributed by atoms with Crippen LogP contribution < -0.4 is 17.6 Å². The fourth-order valence-corrected chi connectivity index (χ4v) is 5.08. The number of ether oxygens (including phenoxy) is 3. The molecule has 6 heterocycles. The van der Waals surface area contributed by atoms with Crippen molar-refractivity contribution in [1.29, 1.82) is 0 Å². The van der Waals surface area contributed by atoms with Gasteiger partial charge in [0, 0.05) is 0 Å². The van der Waals surface area contributed by atoms with Gasteiger partial charge in [-0.2, -0.15) is 9.36 Å². The van der Waals surface area contributed by atoms with Crippen LogP contribution in [0.5, 0.6) is 0 Å². The van der Waals surface area contributed by atoms with Crippen molar-refractivity contribution >= 4 is 39.9 Å². The van der Waals surface area contributed by atoms with Gasteiger partial charge in [0.1, 0.15) is 31.0 Å². The number of rotatable bonds is 6. The highest BCUT2D eigenvalue weighted by atomic mass is 19.1. The van der Waals surface area contributed by atoms with Crippen LogP contribution in [-0.4, -0.2) is 109 Å². The average molecular weight is 660 g/mol. The SMILES string of the molecule is CC[C@H]1O[C@@H](n2nnc3c(N)ncnc32)[C@@H](F)[C@@H]1OC(=O)c1ccccc1.N.Nc1ncnc2c1nnn2[C@@H]1O[C@H](CO)[C@@H](O)[C@@H]1F. The van der Waals surface area contributed by atoms with Crippen LogP contribution in [0.3, 0.4) is 0 Å². The summed E-state index contributed by atoms with van der Waals surface area (Å²) in [5, 5.41) is 33.8. The minimum Gasteiger partial charge on any atom is -0.453 e. The van der Waals surface area contributed by atoms with Crippen molar-refractivity contribution in [1.82, 2.24) is 56.1 Å². The van der Waals surface area contributed by atoms with Gasteiger partial charge >= 0.3 is 5.97 Å². The van der Waals surface area contributed by atoms with E-state index in [9.17, 15) is 14.3 Å². The number of hydrogen-bond donors (Lipinski definition) is 5. The third-order valence-corrected chi connectivity index (χ3v) is 7.46. The van der Waals surface area contributed by atoms with E-state index in [1.54, 1.807) is 30.3 Å². The second-order valence-electron chi connectivity index (χ2n) is 10.3. The Labute approximate surface area is 263 Å². The Morgan fingerprint density at radius 2 is 1.43 bits per heavy atom. The lowest BCUT2D eigenvalue weighted by Crippen LogP contribution is -2.34. The van der Waals surface area contributed by atoms with Crippen molar-refractivity contribution in [2.75, 3.05) is 18.1 Å². The van der Waals surface area contributed by atoms with Gasteiger partial charge in [-0.15, -0.1) is 10.2 Å². The molecule has 4 aromatic heterocycles. The molecule has 2 saturated heterocycles. The predicted molar refractivity (Wildman–Crippen MR) is 157 cm³/mol. The van der Waals surface area contributed by atoms with Crippen LogP contribution in [0, 0.1) is 0 Å². The molecule has 0 aliphatic carbocycles. The number of anilines is 2. The van der Waals surface area contributed by atoms with Crippen molar-refractivity contribution in [2.45, 2.75) is 62.6 Å². The Hall–Kier alpha value is -5.09. The molecule has 0 amide bonds. The minimum absolute atomic E-state index is 0. The second kappa shape index (κ2) is 13.7. The lowest BCUT2D eigenvalue weighted by atomic mass is 10.1. The minimum atomic E-state index is -1.75. The first kappa shape index (κ1) is 33.3. The summed E-state index contributed by atoms with van der Waals surface area (Å²) in [7, 11) is 0. The van der Waals surface area contributed by atoms with Gasteiger partial charge in [0.05, 0.1) is 12.2 Å². The third-order valence-electron chi connectivity index (χ3n) is 7.46. The van der Waals surface area contributed by atoms with Gasteiger partial charge in [-0.05, 0) is 18.6 Å². The number of nitrogens with zero attached hydrogens (tertiary/aromatic N) is 10. The number of aliphatic hydroxyl groups is 2. The number of halogens is 2. The molecular weight excluding hydrogens is 628 g/mol. The molecule has 8 atom stereocenters. The Morgan fingerprint density at radius 1 is 0.894 bits per heavy atom. The van der Waals surface area contributed by atoms with E-state index in [1.165, 1.54) is 17.3 Å². The maximum absolute atomic E-state index is 15.2. The topological polar surface area (TPSA) is 285 Å². The quantitative estimate of drug-likeness (QED) is 0.152. The number of esters is 1. The highest BCUT2D eigenvalue weighted by molar-refractivity contribution is 5.89. The molecule has 0 radical (unpaired) electrons. The van der Waals surface area contributed by atoms with Crippen molar-refractivity contribution < 1.29 is 38.0 Å². The van der Waals surface area contributed by atoms with Crippen LogP contribution in [0.15, 0.2) is 43.0 Å². The third kappa shape index (κ3) is 6.08. The summed E-state index contributed by atoms with van der Waals surface area (Å²) in [5.74, 6) is -0.358. The van der Waals surface area contributed by atoms with Gasteiger partial charge in [0.15, 0.2) is 64.9 Å². The molecule has 7 rings (SSSR count). The standard InChI is InChI=1S/C17H17FN6O3.C9H11FN6O3.H3N/c1-2-10-13(27-17(25)9-6-4-3-5-7-9)11(18)16(26-10)24-15-12(22-23-24)14(19)20-8-21-15;10-4-6(18)3(1-17)19-9(4)16-8-5(14-15-16)7(11)12-2-13-8;/h3-8,10-11,13,16H,2H2,1H3,(H2,19,20,21);2-4,6,9,17-18H,1H2,(H2,11,12,13);1H3/t10-,11+,13-,16-;3-,4+,6-,9-;/m11./s1. The first-order chi connectivity index (χ1) is 22.2. The molecule has 47 heavy (non-hydrogen) atoms. The number of benzene rings is 1. The first-order valence-corrected chi connectivity index (χ1v) is 14.0. The summed E-state index contributed by atoms with van der Waals surface area (Å²) in [6, 6.07) is 8.41. The number of aromatic nitrogens is 10. The Bertz CT molecular complexity index is 1830. The fourth-order valence-electron chi connectivity index (χ4n) is 5.08. The van der Waals surface area contributed by atoms with Gasteiger partial charge in [-0.25, -0.2) is 33.5 Å². The van der Waals surface area contributed by atoms with Gasteiger partial charge in [0.25, 0.3) is 0 Å². The van der Waals surface area contributed by atoms with Crippen LogP contribution in [0.4, 0.5) is 20.4 Å². The van der Waals surface area contributed by atoms with E-state index >= 15 is 4.39 Å². The van der Waals surface area contributed by atoms with Gasteiger partial charge in [0.2, 0.25) is 0 Å². The predicted octanol–water partition coefficient (Wildman–Crippen LogP) is 0.229. The largest absolute Gasteiger partial charge is 0.453 e. The highest BCUT2D eigenvalue weighted by Gasteiger charge is 2.49. The molecule has 5 aromatic rings. The van der Waals surface area contributed by atoms with Crippen LogP contribution in [0.25, 0.3) is 22.3 Å². The van der Waals surface area contributed by atoms with E-state index in [0.29, 0.717) is 12.0 Å². The Balaban J connectivity index is 0.000000191. The zero-order valence-electron chi connectivity index (χ0n) is 24.7. The molecule has 9 N–H and O–H groups in total. The molecule has 21 heteroatoms. The molecule has 19 nitrogen and oxygen atoms in total. The maximum Gasteiger partial charge on any atom is 0.338 e. The van der Waals surface area contributed by atoms with Crippen LogP contribution in [0.1, 0.15) is 36.2 Å². The summed E-state index contributed by atoms with van der Waals surface area (Å²) in [5.41, 5.74) is 12.6. The molecule has 0 saturated carbocycles. The number of carbonyl (C=O) groups is 1. The van der Waals surface area contributed by atoms with E-state index in [-0.39, 0.29) is 40.1 Å². The average Bonchev–Trinajstić information content (AvgIpc) is 3.83. The van der Waals surface area contributed by atoms with Crippen LogP contribution in [-0.2, 0) is 14.2 Å². The van der Waals surface area contributed by atoms with Crippen LogP contribution in [0.2, 0.25) is 0 Å². The molecule has 2 fully saturated rings. The molecule has 2 aliphatic rings. The molecule has 2 aliphatic heterocycles. The summed E-state index contributed by atoms with van der Waals surface area (Å²) >= 11 is 0. The molecule has 0 unspecified atom stereocenters. The summed E-state index contributed by atoms with van der Waals surface area (Å²) in [6.07, 6.45) is -7.03. The molecule has 0 bridgehead atoms. The molecular formula is C26H31F2N13O6. The molecule has 1 aromatic carbocycles. The number of carbonyl (C=O) groups excluding carboxylic acids is 1. The Morgan fingerprint density at radius 3 is 1.94 bits per heavy atom. The van der Waals surface area contributed by atoms with Crippen molar-refractivity contribution in [3.63, 3.8) is 0 Å². The zero-order chi connectivity index (χ0) is 32.5. The summed E-state index contributed by atoms with van der Waals surface area (Å²) in [4.78, 5) is 27.9. The van der Waals surface area contributed by atoms with Crippen LogP contribution >= 0.6 is 0 Å². The normalized spacial score (nSPS) is 26.9. The summed E-state index contributed by atoms with van der Waals surface area (Å²) in [6.45, 7) is 1.32. The van der Waals surface area contributed by atoms with E-state index in [1.807, 2.05) is 6.92 Å². The van der Waals surface area contributed by atoms with Crippen molar-refractivity contribution in [2.24, 2.45) is 0 Å².